The molecule has 0 saturated carbocycles. The molecule has 1 aromatic heterocycles. The minimum atomic E-state index is 0.0336. The monoisotopic (exact) mass is 334 g/mol. The second-order valence-electron chi connectivity index (χ2n) is 4.44. The van der Waals surface area contributed by atoms with Gasteiger partial charge < -0.3 is 9.47 Å². The lowest BCUT2D eigenvalue weighted by Gasteiger charge is -2.20. The summed E-state index contributed by atoms with van der Waals surface area (Å²) in [5, 5.41) is 4.33. The van der Waals surface area contributed by atoms with Crippen molar-refractivity contribution < 1.29 is 9.47 Å². The van der Waals surface area contributed by atoms with E-state index in [2.05, 4.69) is 26.5 Å². The Kier molecular flexibility index (Phi) is 7.55. The molecule has 0 aliphatic heterocycles. The molecule has 2 atom stereocenters. The van der Waals surface area contributed by atoms with Gasteiger partial charge in [0.1, 0.15) is 0 Å². The first kappa shape index (κ1) is 16.6. The Bertz CT molecular complexity index is 373. The second kappa shape index (κ2) is 8.65. The molecule has 2 unspecified atom stereocenters. The van der Waals surface area contributed by atoms with Crippen LogP contribution in [-0.4, -0.2) is 36.7 Å². The Morgan fingerprint density at radius 1 is 1.47 bits per heavy atom. The molecule has 19 heavy (non-hydrogen) atoms. The smallest absolute Gasteiger partial charge is 0.0710 e. The van der Waals surface area contributed by atoms with E-state index in [1.807, 2.05) is 11.6 Å². The summed E-state index contributed by atoms with van der Waals surface area (Å²) in [6, 6.07) is 0.0336. The van der Waals surface area contributed by atoms with Gasteiger partial charge >= 0.3 is 0 Å². The molecular formula is C12H23BrN4O2. The van der Waals surface area contributed by atoms with Crippen molar-refractivity contribution in [1.29, 1.82) is 0 Å². The van der Waals surface area contributed by atoms with Gasteiger partial charge in [0.05, 0.1) is 41.7 Å². The zero-order valence-corrected chi connectivity index (χ0v) is 13.3. The van der Waals surface area contributed by atoms with Gasteiger partial charge in [0.2, 0.25) is 0 Å². The Labute approximate surface area is 122 Å². The number of halogens is 1. The quantitative estimate of drug-likeness (QED) is 0.530. The third kappa shape index (κ3) is 4.85. The maximum absolute atomic E-state index is 5.67. The minimum Gasteiger partial charge on any atom is -0.383 e. The highest BCUT2D eigenvalue weighted by Gasteiger charge is 2.19. The van der Waals surface area contributed by atoms with Crippen LogP contribution >= 0.6 is 15.9 Å². The van der Waals surface area contributed by atoms with Gasteiger partial charge in [-0.2, -0.15) is 5.10 Å². The van der Waals surface area contributed by atoms with Crippen LogP contribution in [0.4, 0.5) is 0 Å². The topological polar surface area (TPSA) is 74.3 Å². The second-order valence-corrected chi connectivity index (χ2v) is 5.29. The molecule has 0 aromatic carbocycles. The maximum Gasteiger partial charge on any atom is 0.0710 e. The third-order valence-corrected chi connectivity index (χ3v) is 3.75. The van der Waals surface area contributed by atoms with Gasteiger partial charge in [0.25, 0.3) is 0 Å². The average molecular weight is 335 g/mol. The lowest BCUT2D eigenvalue weighted by Crippen LogP contribution is -2.31. The van der Waals surface area contributed by atoms with E-state index >= 15 is 0 Å². The molecule has 0 fully saturated rings. The van der Waals surface area contributed by atoms with Gasteiger partial charge in [-0.3, -0.25) is 16.0 Å². The predicted octanol–water partition coefficient (Wildman–Crippen LogP) is 1.61. The first-order chi connectivity index (χ1) is 9.13. The molecular weight excluding hydrogens is 312 g/mol. The Morgan fingerprint density at radius 3 is 2.79 bits per heavy atom. The highest BCUT2D eigenvalue weighted by atomic mass is 79.9. The number of hydrogen-bond acceptors (Lipinski definition) is 5. The maximum atomic E-state index is 5.67. The van der Waals surface area contributed by atoms with Crippen LogP contribution < -0.4 is 11.3 Å². The van der Waals surface area contributed by atoms with Gasteiger partial charge in [-0.05, 0) is 35.7 Å². The molecule has 110 valence electrons. The molecule has 1 heterocycles. The Morgan fingerprint density at radius 2 is 2.21 bits per heavy atom. The molecule has 1 aromatic rings. The molecule has 0 saturated heterocycles. The van der Waals surface area contributed by atoms with Crippen molar-refractivity contribution in [2.24, 2.45) is 5.84 Å². The normalized spacial score (nSPS) is 14.6. The van der Waals surface area contributed by atoms with Crippen molar-refractivity contribution in [3.05, 3.63) is 16.4 Å². The molecule has 0 bridgehead atoms. The lowest BCUT2D eigenvalue weighted by atomic mass is 10.1. The third-order valence-electron chi connectivity index (χ3n) is 3.14. The number of nitrogens with one attached hydrogen (secondary N) is 1. The van der Waals surface area contributed by atoms with Crippen LogP contribution in [0.1, 0.15) is 31.5 Å². The molecule has 0 aliphatic rings. The Balaban J connectivity index is 2.75. The average Bonchev–Trinajstić information content (AvgIpc) is 2.78. The first-order valence-electron chi connectivity index (χ1n) is 6.33. The van der Waals surface area contributed by atoms with Crippen molar-refractivity contribution >= 4 is 15.9 Å². The fraction of sp³-hybridized carbons (Fsp3) is 0.750. The number of hydrazine groups is 1. The summed E-state index contributed by atoms with van der Waals surface area (Å²) in [6.45, 7) is 3.37. The molecule has 0 aliphatic carbocycles. The summed E-state index contributed by atoms with van der Waals surface area (Å²) in [5.74, 6) is 5.67. The van der Waals surface area contributed by atoms with Crippen LogP contribution in [0.2, 0.25) is 0 Å². The first-order valence-corrected chi connectivity index (χ1v) is 7.12. The van der Waals surface area contributed by atoms with Crippen LogP contribution in [0.25, 0.3) is 0 Å². The summed E-state index contributed by atoms with van der Waals surface area (Å²) in [6.07, 6.45) is 3.80. The van der Waals surface area contributed by atoms with Crippen LogP contribution in [0.3, 0.4) is 0 Å². The van der Waals surface area contributed by atoms with E-state index in [9.17, 15) is 0 Å². The van der Waals surface area contributed by atoms with Gasteiger partial charge in [-0.25, -0.2) is 0 Å². The van der Waals surface area contributed by atoms with E-state index in [1.54, 1.807) is 20.4 Å². The van der Waals surface area contributed by atoms with E-state index in [0.29, 0.717) is 13.2 Å². The van der Waals surface area contributed by atoms with Gasteiger partial charge in [0.15, 0.2) is 0 Å². The minimum absolute atomic E-state index is 0.0336. The fourth-order valence-corrected chi connectivity index (χ4v) is 2.47. The van der Waals surface area contributed by atoms with E-state index in [1.165, 1.54) is 0 Å². The Hall–Kier alpha value is -0.470. The highest BCUT2D eigenvalue weighted by Crippen LogP contribution is 2.26. The van der Waals surface area contributed by atoms with Crippen molar-refractivity contribution in [1.82, 2.24) is 15.2 Å². The summed E-state index contributed by atoms with van der Waals surface area (Å²) in [5.41, 5.74) is 3.90. The van der Waals surface area contributed by atoms with E-state index in [4.69, 9.17) is 15.3 Å². The highest BCUT2D eigenvalue weighted by molar-refractivity contribution is 9.10. The van der Waals surface area contributed by atoms with Crippen molar-refractivity contribution in [2.75, 3.05) is 20.8 Å². The summed E-state index contributed by atoms with van der Waals surface area (Å²) < 4.78 is 13.2. The van der Waals surface area contributed by atoms with Crippen molar-refractivity contribution in [2.45, 2.75) is 38.5 Å². The van der Waals surface area contributed by atoms with E-state index in [0.717, 1.165) is 23.0 Å². The van der Waals surface area contributed by atoms with Gasteiger partial charge in [0, 0.05) is 14.2 Å². The number of aromatic nitrogens is 2. The number of nitrogens with zero attached hydrogens (tertiary/aromatic N) is 2. The largest absolute Gasteiger partial charge is 0.383 e. The summed E-state index contributed by atoms with van der Waals surface area (Å²) in [7, 11) is 3.39. The summed E-state index contributed by atoms with van der Waals surface area (Å²) in [4.78, 5) is 0. The predicted molar refractivity (Wildman–Crippen MR) is 77.6 cm³/mol. The SMILES string of the molecule is COCCn1ncc(Br)c1C(CCC(C)OC)NN. The van der Waals surface area contributed by atoms with Crippen LogP contribution in [0, 0.1) is 0 Å². The molecule has 3 N–H and O–H groups in total. The zero-order valence-electron chi connectivity index (χ0n) is 11.7. The number of methoxy groups -OCH3 is 2. The zero-order chi connectivity index (χ0) is 14.3. The van der Waals surface area contributed by atoms with Crippen LogP contribution in [-0.2, 0) is 16.0 Å². The molecule has 0 radical (unpaired) electrons. The standard InChI is InChI=1S/C12H23BrN4O2/c1-9(19-3)4-5-11(16-14)12-10(13)8-15-17(12)6-7-18-2/h8-9,11,16H,4-7,14H2,1-3H3. The number of hydrogen-bond donors (Lipinski definition) is 2. The molecule has 1 rings (SSSR count). The molecule has 0 amide bonds. The number of rotatable bonds is 9. The van der Waals surface area contributed by atoms with Gasteiger partial charge in [-0.15, -0.1) is 0 Å². The van der Waals surface area contributed by atoms with E-state index < -0.39 is 0 Å². The van der Waals surface area contributed by atoms with Crippen LogP contribution in [0.15, 0.2) is 10.7 Å². The number of ether oxygens (including phenoxy) is 2. The molecule has 6 nitrogen and oxygen atoms in total. The molecule has 0 spiro atoms. The summed E-state index contributed by atoms with van der Waals surface area (Å²) >= 11 is 3.52. The number of nitrogens with two attached hydrogens (primary N) is 1. The lowest BCUT2D eigenvalue weighted by molar-refractivity contribution is 0.105. The van der Waals surface area contributed by atoms with E-state index in [-0.39, 0.29) is 12.1 Å². The van der Waals surface area contributed by atoms with Crippen molar-refractivity contribution in [3.63, 3.8) is 0 Å². The van der Waals surface area contributed by atoms with Gasteiger partial charge in [-0.1, -0.05) is 0 Å². The van der Waals surface area contributed by atoms with Crippen molar-refractivity contribution in [3.8, 4) is 0 Å². The van der Waals surface area contributed by atoms with Crippen LogP contribution in [0.5, 0.6) is 0 Å². The fourth-order valence-electron chi connectivity index (χ4n) is 1.89. The molecule has 7 heteroatoms.